The van der Waals surface area contributed by atoms with Crippen molar-refractivity contribution in [3.05, 3.63) is 70.3 Å². The van der Waals surface area contributed by atoms with Crippen molar-refractivity contribution in [2.24, 2.45) is 0 Å². The molecule has 126 valence electrons. The quantitative estimate of drug-likeness (QED) is 0.584. The molecule has 0 aliphatic carbocycles. The normalized spacial score (nSPS) is 10.3. The van der Waals surface area contributed by atoms with Crippen LogP contribution >= 0.6 is 23.2 Å². The summed E-state index contributed by atoms with van der Waals surface area (Å²) in [4.78, 5) is 19.7. The van der Waals surface area contributed by atoms with Crippen LogP contribution in [0.15, 0.2) is 54.7 Å². The van der Waals surface area contributed by atoms with E-state index in [0.29, 0.717) is 33.2 Å². The molecular formula is C17H12Cl2N4O2. The molecular weight excluding hydrogens is 363 g/mol. The Bertz CT molecular complexity index is 934. The van der Waals surface area contributed by atoms with Gasteiger partial charge in [-0.05, 0) is 30.3 Å². The molecule has 3 rings (SSSR count). The fourth-order valence-corrected chi connectivity index (χ4v) is 2.47. The SMILES string of the molecule is O=C(O)c1ccccc1Nc1ccnc(Nc2cccc(Cl)c2Cl)n1. The Morgan fingerprint density at radius 3 is 2.52 bits per heavy atom. The van der Waals surface area contributed by atoms with Gasteiger partial charge in [-0.3, -0.25) is 0 Å². The predicted octanol–water partition coefficient (Wildman–Crippen LogP) is 4.97. The van der Waals surface area contributed by atoms with Gasteiger partial charge in [-0.15, -0.1) is 0 Å². The van der Waals surface area contributed by atoms with Gasteiger partial charge in [0, 0.05) is 6.20 Å². The molecule has 0 saturated heterocycles. The summed E-state index contributed by atoms with van der Waals surface area (Å²) in [5.74, 6) is -0.299. The van der Waals surface area contributed by atoms with Crippen molar-refractivity contribution in [3.8, 4) is 0 Å². The smallest absolute Gasteiger partial charge is 0.337 e. The van der Waals surface area contributed by atoms with Gasteiger partial charge in [-0.2, -0.15) is 4.98 Å². The largest absolute Gasteiger partial charge is 0.478 e. The second kappa shape index (κ2) is 7.38. The highest BCUT2D eigenvalue weighted by atomic mass is 35.5. The number of para-hydroxylation sites is 1. The van der Waals surface area contributed by atoms with Crippen LogP contribution in [0.4, 0.5) is 23.1 Å². The van der Waals surface area contributed by atoms with Crippen molar-refractivity contribution >= 4 is 52.3 Å². The van der Waals surface area contributed by atoms with Crippen molar-refractivity contribution in [1.29, 1.82) is 0 Å². The van der Waals surface area contributed by atoms with Gasteiger partial charge in [0.25, 0.3) is 0 Å². The molecule has 3 N–H and O–H groups in total. The van der Waals surface area contributed by atoms with Crippen molar-refractivity contribution in [2.75, 3.05) is 10.6 Å². The number of benzene rings is 2. The highest BCUT2D eigenvalue weighted by Crippen LogP contribution is 2.31. The zero-order valence-corrected chi connectivity index (χ0v) is 14.2. The topological polar surface area (TPSA) is 87.1 Å². The monoisotopic (exact) mass is 374 g/mol. The third-order valence-electron chi connectivity index (χ3n) is 3.27. The van der Waals surface area contributed by atoms with E-state index in [0.717, 1.165) is 0 Å². The maximum absolute atomic E-state index is 11.3. The summed E-state index contributed by atoms with van der Waals surface area (Å²) >= 11 is 12.1. The van der Waals surface area contributed by atoms with E-state index in [1.54, 1.807) is 48.7 Å². The average molecular weight is 375 g/mol. The molecule has 0 spiro atoms. The van der Waals surface area contributed by atoms with Gasteiger partial charge in [0.15, 0.2) is 0 Å². The van der Waals surface area contributed by atoms with Crippen LogP contribution in [0.1, 0.15) is 10.4 Å². The maximum atomic E-state index is 11.3. The summed E-state index contributed by atoms with van der Waals surface area (Å²) in [6.45, 7) is 0. The second-order valence-electron chi connectivity index (χ2n) is 4.97. The molecule has 1 heterocycles. The van der Waals surface area contributed by atoms with E-state index in [1.165, 1.54) is 6.07 Å². The second-order valence-corrected chi connectivity index (χ2v) is 5.75. The Hall–Kier alpha value is -2.83. The summed E-state index contributed by atoms with van der Waals surface area (Å²) in [6, 6.07) is 13.4. The number of carboxylic acids is 1. The van der Waals surface area contributed by atoms with Crippen LogP contribution in [0.25, 0.3) is 0 Å². The van der Waals surface area contributed by atoms with Crippen LogP contribution in [0.5, 0.6) is 0 Å². The van der Waals surface area contributed by atoms with Crippen molar-refractivity contribution < 1.29 is 9.90 Å². The van der Waals surface area contributed by atoms with Crippen molar-refractivity contribution in [1.82, 2.24) is 9.97 Å². The molecule has 2 aromatic carbocycles. The first-order valence-corrected chi connectivity index (χ1v) is 7.93. The van der Waals surface area contributed by atoms with E-state index < -0.39 is 5.97 Å². The van der Waals surface area contributed by atoms with Crippen molar-refractivity contribution in [3.63, 3.8) is 0 Å². The van der Waals surface area contributed by atoms with Crippen LogP contribution < -0.4 is 10.6 Å². The lowest BCUT2D eigenvalue weighted by atomic mass is 10.2. The number of rotatable bonds is 5. The Morgan fingerprint density at radius 1 is 0.960 bits per heavy atom. The summed E-state index contributed by atoms with van der Waals surface area (Å²) in [7, 11) is 0. The molecule has 8 heteroatoms. The average Bonchev–Trinajstić information content (AvgIpc) is 2.60. The van der Waals surface area contributed by atoms with E-state index >= 15 is 0 Å². The number of halogens is 2. The zero-order valence-electron chi connectivity index (χ0n) is 12.7. The molecule has 0 amide bonds. The minimum Gasteiger partial charge on any atom is -0.478 e. The Labute approximate surface area is 153 Å². The van der Waals surface area contributed by atoms with E-state index in [-0.39, 0.29) is 5.56 Å². The standard InChI is InChI=1S/C17H12Cl2N4O2/c18-11-5-3-7-13(15(11)19)22-17-20-9-8-14(23-17)21-12-6-2-1-4-10(12)16(24)25/h1-9H,(H,24,25)(H2,20,21,22,23). The number of carboxylic acid groups (broad SMARTS) is 1. The third-order valence-corrected chi connectivity index (χ3v) is 4.09. The highest BCUT2D eigenvalue weighted by Gasteiger charge is 2.10. The predicted molar refractivity (Wildman–Crippen MR) is 98.5 cm³/mol. The van der Waals surface area contributed by atoms with Gasteiger partial charge in [0.1, 0.15) is 5.82 Å². The molecule has 1 aromatic heterocycles. The molecule has 3 aromatic rings. The molecule has 6 nitrogen and oxygen atoms in total. The number of aromatic carboxylic acids is 1. The zero-order chi connectivity index (χ0) is 17.8. The number of hydrogen-bond donors (Lipinski definition) is 3. The molecule has 25 heavy (non-hydrogen) atoms. The molecule has 0 saturated carbocycles. The van der Waals surface area contributed by atoms with E-state index in [2.05, 4.69) is 20.6 Å². The maximum Gasteiger partial charge on any atom is 0.337 e. The van der Waals surface area contributed by atoms with Crippen LogP contribution in [-0.4, -0.2) is 21.0 Å². The minimum absolute atomic E-state index is 0.147. The summed E-state index contributed by atoms with van der Waals surface area (Å²) in [5.41, 5.74) is 1.14. The fourth-order valence-electron chi connectivity index (χ4n) is 2.13. The number of nitrogens with zero attached hydrogens (tertiary/aromatic N) is 2. The van der Waals surface area contributed by atoms with E-state index in [4.69, 9.17) is 23.2 Å². The first-order chi connectivity index (χ1) is 12.0. The van der Waals surface area contributed by atoms with E-state index in [1.807, 2.05) is 0 Å². The van der Waals surface area contributed by atoms with Crippen LogP contribution in [-0.2, 0) is 0 Å². The lowest BCUT2D eigenvalue weighted by Crippen LogP contribution is -2.05. The first-order valence-electron chi connectivity index (χ1n) is 7.18. The van der Waals surface area contributed by atoms with Gasteiger partial charge in [-0.1, -0.05) is 41.4 Å². The Morgan fingerprint density at radius 2 is 1.72 bits per heavy atom. The number of aromatic nitrogens is 2. The molecule has 0 bridgehead atoms. The lowest BCUT2D eigenvalue weighted by molar-refractivity contribution is 0.0698. The molecule has 0 radical (unpaired) electrons. The van der Waals surface area contributed by atoms with Gasteiger partial charge in [0.2, 0.25) is 5.95 Å². The van der Waals surface area contributed by atoms with Crippen LogP contribution in [0.2, 0.25) is 10.0 Å². The Kier molecular flexibility index (Phi) is 5.02. The lowest BCUT2D eigenvalue weighted by Gasteiger charge is -2.11. The number of nitrogens with one attached hydrogen (secondary N) is 2. The molecule has 0 atom stereocenters. The van der Waals surface area contributed by atoms with Gasteiger partial charge < -0.3 is 15.7 Å². The fraction of sp³-hybridized carbons (Fsp3) is 0. The highest BCUT2D eigenvalue weighted by molar-refractivity contribution is 6.43. The number of anilines is 4. The van der Waals surface area contributed by atoms with Gasteiger partial charge >= 0.3 is 5.97 Å². The molecule has 0 unspecified atom stereocenters. The van der Waals surface area contributed by atoms with Crippen LogP contribution in [0.3, 0.4) is 0 Å². The first kappa shape index (κ1) is 17.0. The third kappa shape index (κ3) is 3.99. The minimum atomic E-state index is -1.03. The van der Waals surface area contributed by atoms with Gasteiger partial charge in [0.05, 0.1) is 27.0 Å². The number of carbonyl (C=O) groups is 1. The molecule has 0 aliphatic heterocycles. The molecule has 0 fully saturated rings. The Balaban J connectivity index is 1.85. The van der Waals surface area contributed by atoms with Gasteiger partial charge in [-0.25, -0.2) is 9.78 Å². The summed E-state index contributed by atoms with van der Waals surface area (Å²) < 4.78 is 0. The summed E-state index contributed by atoms with van der Waals surface area (Å²) in [6.07, 6.45) is 1.54. The van der Waals surface area contributed by atoms with E-state index in [9.17, 15) is 9.90 Å². The molecule has 0 aliphatic rings. The number of hydrogen-bond acceptors (Lipinski definition) is 5. The van der Waals surface area contributed by atoms with Crippen molar-refractivity contribution in [2.45, 2.75) is 0 Å². The summed E-state index contributed by atoms with van der Waals surface area (Å²) in [5, 5.41) is 16.0. The van der Waals surface area contributed by atoms with Crippen LogP contribution in [0, 0.1) is 0 Å².